The van der Waals surface area contributed by atoms with Crippen molar-refractivity contribution in [2.45, 2.75) is 11.9 Å². The van der Waals surface area contributed by atoms with Crippen molar-refractivity contribution in [1.82, 2.24) is 9.97 Å². The predicted octanol–water partition coefficient (Wildman–Crippen LogP) is 3.00. The molecule has 3 nitrogen and oxygen atoms in total. The first-order chi connectivity index (χ1) is 7.15. The maximum atomic E-state index is 6.01. The van der Waals surface area contributed by atoms with Crippen molar-refractivity contribution in [3.8, 4) is 0 Å². The molecule has 15 heavy (non-hydrogen) atoms. The molecule has 1 heterocycles. The lowest BCUT2D eigenvalue weighted by atomic mass is 10.1. The Labute approximate surface area is 101 Å². The first-order valence-corrected chi connectivity index (χ1v) is 6.40. The van der Waals surface area contributed by atoms with E-state index in [0.717, 1.165) is 31.7 Å². The number of anilines is 1. The van der Waals surface area contributed by atoms with Crippen molar-refractivity contribution in [3.63, 3.8) is 0 Å². The number of fused-ring (bicyclic) bond motifs is 1. The largest absolute Gasteiger partial charge is 0.397 e. The molecule has 0 saturated heterocycles. The standard InChI is InChI=1S/C10H10BrN3S/c1-5-7(11)3-6-9(8(5)12)13-4-14-10(6)15-2/h3-4H,12H2,1-2H3. The molecule has 0 spiro atoms. The van der Waals surface area contributed by atoms with Gasteiger partial charge < -0.3 is 5.73 Å². The quantitative estimate of drug-likeness (QED) is 0.497. The molecule has 2 aromatic rings. The Balaban J connectivity index is 2.91. The van der Waals surface area contributed by atoms with Crippen molar-refractivity contribution in [1.29, 1.82) is 0 Å². The molecule has 0 fully saturated rings. The first-order valence-electron chi connectivity index (χ1n) is 4.38. The molecule has 1 aromatic heterocycles. The molecule has 1 aromatic carbocycles. The molecule has 2 N–H and O–H groups in total. The van der Waals surface area contributed by atoms with Crippen molar-refractivity contribution in [2.24, 2.45) is 0 Å². The van der Waals surface area contributed by atoms with E-state index in [1.54, 1.807) is 18.1 Å². The van der Waals surface area contributed by atoms with Crippen LogP contribution in [0.15, 0.2) is 21.9 Å². The van der Waals surface area contributed by atoms with Crippen LogP contribution in [0.2, 0.25) is 0 Å². The molecule has 0 bridgehead atoms. The van der Waals surface area contributed by atoms with Gasteiger partial charge in [-0.05, 0) is 24.8 Å². The Bertz CT molecular complexity index is 528. The van der Waals surface area contributed by atoms with Crippen LogP contribution in [0.5, 0.6) is 0 Å². The van der Waals surface area contributed by atoms with Gasteiger partial charge in [0.05, 0.1) is 11.2 Å². The van der Waals surface area contributed by atoms with Gasteiger partial charge in [-0.3, -0.25) is 0 Å². The van der Waals surface area contributed by atoms with Gasteiger partial charge in [-0.1, -0.05) is 15.9 Å². The molecule has 0 atom stereocenters. The van der Waals surface area contributed by atoms with Gasteiger partial charge in [0.2, 0.25) is 0 Å². The van der Waals surface area contributed by atoms with E-state index in [-0.39, 0.29) is 0 Å². The second-order valence-electron chi connectivity index (χ2n) is 3.18. The van der Waals surface area contributed by atoms with Crippen LogP contribution in [0.3, 0.4) is 0 Å². The molecular formula is C10H10BrN3S. The highest BCUT2D eigenvalue weighted by molar-refractivity contribution is 9.10. The SMILES string of the molecule is CSc1ncnc2c(N)c(C)c(Br)cc12. The fourth-order valence-electron chi connectivity index (χ4n) is 1.43. The van der Waals surface area contributed by atoms with Gasteiger partial charge in [0.25, 0.3) is 0 Å². The summed E-state index contributed by atoms with van der Waals surface area (Å²) >= 11 is 5.08. The van der Waals surface area contributed by atoms with E-state index in [2.05, 4.69) is 25.9 Å². The van der Waals surface area contributed by atoms with Gasteiger partial charge in [0, 0.05) is 9.86 Å². The number of hydrogen-bond donors (Lipinski definition) is 1. The minimum atomic E-state index is 0.720. The lowest BCUT2D eigenvalue weighted by Crippen LogP contribution is -1.96. The van der Waals surface area contributed by atoms with Crippen molar-refractivity contribution < 1.29 is 0 Å². The molecule has 0 aliphatic carbocycles. The van der Waals surface area contributed by atoms with Crippen LogP contribution in [0.1, 0.15) is 5.56 Å². The van der Waals surface area contributed by atoms with E-state index >= 15 is 0 Å². The third-order valence-corrected chi connectivity index (χ3v) is 3.86. The van der Waals surface area contributed by atoms with Gasteiger partial charge in [-0.15, -0.1) is 11.8 Å². The normalized spacial score (nSPS) is 10.9. The van der Waals surface area contributed by atoms with Gasteiger partial charge in [0.1, 0.15) is 11.4 Å². The second-order valence-corrected chi connectivity index (χ2v) is 4.83. The summed E-state index contributed by atoms with van der Waals surface area (Å²) in [5.41, 5.74) is 8.58. The molecule has 78 valence electrons. The molecule has 0 amide bonds. The summed E-state index contributed by atoms with van der Waals surface area (Å²) in [7, 11) is 0. The minimum absolute atomic E-state index is 0.720. The Kier molecular flexibility index (Phi) is 2.84. The average molecular weight is 284 g/mol. The topological polar surface area (TPSA) is 51.8 Å². The van der Waals surface area contributed by atoms with Crippen LogP contribution in [0, 0.1) is 6.92 Å². The van der Waals surface area contributed by atoms with Crippen LogP contribution in [0.25, 0.3) is 10.9 Å². The number of hydrogen-bond acceptors (Lipinski definition) is 4. The molecule has 0 unspecified atom stereocenters. The highest BCUT2D eigenvalue weighted by Gasteiger charge is 2.10. The van der Waals surface area contributed by atoms with E-state index in [4.69, 9.17) is 5.73 Å². The highest BCUT2D eigenvalue weighted by atomic mass is 79.9. The monoisotopic (exact) mass is 283 g/mol. The Hall–Kier alpha value is -0.810. The molecular weight excluding hydrogens is 274 g/mol. The molecule has 2 rings (SSSR count). The zero-order valence-corrected chi connectivity index (χ0v) is 10.8. The summed E-state index contributed by atoms with van der Waals surface area (Å²) in [6.45, 7) is 1.97. The summed E-state index contributed by atoms with van der Waals surface area (Å²) < 4.78 is 0.998. The Morgan fingerprint density at radius 3 is 2.80 bits per heavy atom. The zero-order chi connectivity index (χ0) is 11.0. The van der Waals surface area contributed by atoms with E-state index in [1.165, 1.54) is 0 Å². The minimum Gasteiger partial charge on any atom is -0.397 e. The van der Waals surface area contributed by atoms with Crippen LogP contribution in [-0.2, 0) is 0 Å². The van der Waals surface area contributed by atoms with Crippen LogP contribution in [-0.4, -0.2) is 16.2 Å². The van der Waals surface area contributed by atoms with Crippen molar-refractivity contribution in [3.05, 3.63) is 22.4 Å². The molecule has 0 aliphatic heterocycles. The summed E-state index contributed by atoms with van der Waals surface area (Å²) in [4.78, 5) is 8.43. The van der Waals surface area contributed by atoms with Crippen LogP contribution < -0.4 is 5.73 Å². The average Bonchev–Trinajstić information content (AvgIpc) is 2.25. The first kappa shape index (κ1) is 10.7. The summed E-state index contributed by atoms with van der Waals surface area (Å²) in [5, 5.41) is 1.95. The number of halogens is 1. The Morgan fingerprint density at radius 1 is 1.40 bits per heavy atom. The number of thioether (sulfide) groups is 1. The fraction of sp³-hybridized carbons (Fsp3) is 0.200. The number of aromatic nitrogens is 2. The number of nitrogens with two attached hydrogens (primary N) is 1. The second kappa shape index (κ2) is 3.98. The third-order valence-electron chi connectivity index (χ3n) is 2.33. The van der Waals surface area contributed by atoms with E-state index in [1.807, 2.05) is 19.2 Å². The smallest absolute Gasteiger partial charge is 0.117 e. The molecule has 0 aliphatic rings. The molecule has 5 heteroatoms. The number of nitrogen functional groups attached to an aromatic ring is 1. The predicted molar refractivity (Wildman–Crippen MR) is 68.2 cm³/mol. The number of rotatable bonds is 1. The lowest BCUT2D eigenvalue weighted by molar-refractivity contribution is 1.10. The van der Waals surface area contributed by atoms with E-state index in [0.29, 0.717) is 0 Å². The maximum Gasteiger partial charge on any atom is 0.117 e. The van der Waals surface area contributed by atoms with Gasteiger partial charge in [0.15, 0.2) is 0 Å². The van der Waals surface area contributed by atoms with Gasteiger partial charge in [-0.2, -0.15) is 0 Å². The summed E-state index contributed by atoms with van der Waals surface area (Å²) in [6.07, 6.45) is 3.55. The lowest BCUT2D eigenvalue weighted by Gasteiger charge is -2.08. The van der Waals surface area contributed by atoms with Crippen molar-refractivity contribution >= 4 is 44.3 Å². The maximum absolute atomic E-state index is 6.01. The van der Waals surface area contributed by atoms with Gasteiger partial charge >= 0.3 is 0 Å². The fourth-order valence-corrected chi connectivity index (χ4v) is 2.40. The van der Waals surface area contributed by atoms with E-state index < -0.39 is 0 Å². The molecule has 0 radical (unpaired) electrons. The van der Waals surface area contributed by atoms with Crippen molar-refractivity contribution in [2.75, 3.05) is 12.0 Å². The third kappa shape index (κ3) is 1.70. The van der Waals surface area contributed by atoms with E-state index in [9.17, 15) is 0 Å². The Morgan fingerprint density at radius 2 is 2.13 bits per heavy atom. The zero-order valence-electron chi connectivity index (χ0n) is 8.41. The summed E-state index contributed by atoms with van der Waals surface area (Å²) in [6, 6.07) is 2.02. The van der Waals surface area contributed by atoms with Gasteiger partial charge in [-0.25, -0.2) is 9.97 Å². The number of benzene rings is 1. The highest BCUT2D eigenvalue weighted by Crippen LogP contribution is 2.33. The number of nitrogens with zero attached hydrogens (tertiary/aromatic N) is 2. The summed E-state index contributed by atoms with van der Waals surface area (Å²) in [5.74, 6) is 0. The van der Waals surface area contributed by atoms with Crippen LogP contribution in [0.4, 0.5) is 5.69 Å². The van der Waals surface area contributed by atoms with Crippen LogP contribution >= 0.6 is 27.7 Å². The molecule has 0 saturated carbocycles.